The Kier molecular flexibility index (Phi) is 6.97. The third kappa shape index (κ3) is 6.67. The van der Waals surface area contributed by atoms with E-state index < -0.39 is 10.0 Å². The van der Waals surface area contributed by atoms with Crippen molar-refractivity contribution in [2.45, 2.75) is 23.8 Å². The molecule has 9 heteroatoms. The monoisotopic (exact) mass is 417 g/mol. The maximum absolute atomic E-state index is 11.8. The molecule has 0 bridgehead atoms. The molecule has 1 atom stereocenters. The number of amides is 1. The minimum atomic E-state index is -3.71. The summed E-state index contributed by atoms with van der Waals surface area (Å²) in [5.74, 6) is 0.390. The van der Waals surface area contributed by atoms with Crippen LogP contribution < -0.4 is 15.2 Å². The average molecular weight is 417 g/mol. The number of carbonyl (C=O) groups excluding carboxylic acids is 1. The molecule has 0 radical (unpaired) electrons. The minimum absolute atomic E-state index is 0.0396. The third-order valence-corrected chi connectivity index (χ3v) is 5.26. The van der Waals surface area contributed by atoms with Crippen molar-refractivity contribution in [2.24, 2.45) is 10.1 Å². The zero-order chi connectivity index (χ0) is 20.7. The van der Waals surface area contributed by atoms with Gasteiger partial charge in [0.05, 0.1) is 16.7 Å². The van der Waals surface area contributed by atoms with Gasteiger partial charge in [-0.15, -0.1) is 0 Å². The number of aliphatic imine (C=N–C) groups is 1. The predicted molar refractivity (Wildman–Crippen MR) is 109 cm³/mol. The van der Waals surface area contributed by atoms with E-state index in [0.29, 0.717) is 18.0 Å². The molecule has 0 aliphatic carbocycles. The molecular formula is C20H23N3O5S. The molecule has 0 saturated carbocycles. The molecular weight excluding hydrogens is 394 g/mol. The summed E-state index contributed by atoms with van der Waals surface area (Å²) in [6.45, 7) is 1.21. The van der Waals surface area contributed by atoms with Gasteiger partial charge in [0.1, 0.15) is 5.75 Å². The van der Waals surface area contributed by atoms with Gasteiger partial charge in [-0.05, 0) is 66.9 Å². The van der Waals surface area contributed by atoms with Crippen molar-refractivity contribution < 1.29 is 22.7 Å². The number of nitrogens with zero attached hydrogens (tertiary/aromatic N) is 1. The highest BCUT2D eigenvalue weighted by Gasteiger charge is 2.16. The lowest BCUT2D eigenvalue weighted by atomic mass is 10.2. The molecule has 3 N–H and O–H groups in total. The van der Waals surface area contributed by atoms with Crippen molar-refractivity contribution >= 4 is 27.8 Å². The van der Waals surface area contributed by atoms with Crippen LogP contribution in [0.3, 0.4) is 0 Å². The van der Waals surface area contributed by atoms with E-state index in [0.717, 1.165) is 25.0 Å². The molecule has 1 saturated heterocycles. The zero-order valence-corrected chi connectivity index (χ0v) is 16.6. The van der Waals surface area contributed by atoms with Crippen molar-refractivity contribution in [3.05, 3.63) is 54.1 Å². The first-order chi connectivity index (χ1) is 13.9. The molecule has 2 aromatic rings. The molecule has 3 rings (SSSR count). The fourth-order valence-electron chi connectivity index (χ4n) is 2.75. The summed E-state index contributed by atoms with van der Waals surface area (Å²) >= 11 is 0. The molecule has 1 aliphatic rings. The quantitative estimate of drug-likeness (QED) is 0.634. The second kappa shape index (κ2) is 9.64. The standard InChI is InChI=1S/C20H23N3O5S/c21-29(25,26)19-9-5-16(6-10-19)22-12-15-3-7-17(8-4-15)28-14-20(24)23-13-18-2-1-11-27-18/h3-10,12,18H,1-2,11,13-14H2,(H,23,24)(H2,21,25,26)/t18-/m1/s1. The Hall–Kier alpha value is -2.75. The van der Waals surface area contributed by atoms with Crippen LogP contribution in [0.15, 0.2) is 58.4 Å². The lowest BCUT2D eigenvalue weighted by Gasteiger charge is -2.11. The number of nitrogens with one attached hydrogen (secondary N) is 1. The van der Waals surface area contributed by atoms with Gasteiger partial charge in [-0.1, -0.05) is 0 Å². The summed E-state index contributed by atoms with van der Waals surface area (Å²) in [7, 11) is -3.71. The number of hydrogen-bond donors (Lipinski definition) is 2. The van der Waals surface area contributed by atoms with Crippen LogP contribution in [0.2, 0.25) is 0 Å². The van der Waals surface area contributed by atoms with E-state index in [2.05, 4.69) is 10.3 Å². The van der Waals surface area contributed by atoms with Gasteiger partial charge in [-0.2, -0.15) is 0 Å². The Morgan fingerprint density at radius 2 is 1.93 bits per heavy atom. The molecule has 29 heavy (non-hydrogen) atoms. The van der Waals surface area contributed by atoms with E-state index in [-0.39, 0.29) is 23.5 Å². The molecule has 2 aromatic carbocycles. The minimum Gasteiger partial charge on any atom is -0.484 e. The first kappa shape index (κ1) is 21.0. The Morgan fingerprint density at radius 3 is 2.55 bits per heavy atom. The van der Waals surface area contributed by atoms with Gasteiger partial charge < -0.3 is 14.8 Å². The highest BCUT2D eigenvalue weighted by Crippen LogP contribution is 2.16. The molecule has 154 valence electrons. The van der Waals surface area contributed by atoms with Crippen molar-refractivity contribution in [2.75, 3.05) is 19.8 Å². The first-order valence-electron chi connectivity index (χ1n) is 9.18. The van der Waals surface area contributed by atoms with E-state index in [1.165, 1.54) is 12.1 Å². The predicted octanol–water partition coefficient (Wildman–Crippen LogP) is 1.76. The SMILES string of the molecule is NS(=O)(=O)c1ccc(N=Cc2ccc(OCC(=O)NC[C@H]3CCCO3)cc2)cc1. The van der Waals surface area contributed by atoms with Crippen molar-refractivity contribution in [3.63, 3.8) is 0 Å². The first-order valence-corrected chi connectivity index (χ1v) is 10.7. The van der Waals surface area contributed by atoms with Crippen LogP contribution in [-0.2, 0) is 19.6 Å². The second-order valence-corrected chi connectivity index (χ2v) is 8.16. The fourth-order valence-corrected chi connectivity index (χ4v) is 3.27. The molecule has 0 spiro atoms. The summed E-state index contributed by atoms with van der Waals surface area (Å²) in [5, 5.41) is 7.87. The largest absolute Gasteiger partial charge is 0.484 e. The lowest BCUT2D eigenvalue weighted by molar-refractivity contribution is -0.123. The van der Waals surface area contributed by atoms with E-state index in [1.54, 1.807) is 30.5 Å². The fraction of sp³-hybridized carbons (Fsp3) is 0.300. The smallest absolute Gasteiger partial charge is 0.258 e. The molecule has 1 heterocycles. The second-order valence-electron chi connectivity index (χ2n) is 6.59. The van der Waals surface area contributed by atoms with Crippen LogP contribution in [0.4, 0.5) is 5.69 Å². The number of sulfonamides is 1. The maximum Gasteiger partial charge on any atom is 0.258 e. The number of carbonyl (C=O) groups is 1. The van der Waals surface area contributed by atoms with Crippen LogP contribution in [-0.4, -0.2) is 46.4 Å². The summed E-state index contributed by atoms with van der Waals surface area (Å²) in [6, 6.07) is 13.1. The van der Waals surface area contributed by atoms with Crippen molar-refractivity contribution in [1.82, 2.24) is 5.32 Å². The van der Waals surface area contributed by atoms with Gasteiger partial charge >= 0.3 is 0 Å². The summed E-state index contributed by atoms with van der Waals surface area (Å²) in [5.41, 5.74) is 1.43. The molecule has 1 fully saturated rings. The number of hydrogen-bond acceptors (Lipinski definition) is 6. The maximum atomic E-state index is 11.8. The molecule has 8 nitrogen and oxygen atoms in total. The van der Waals surface area contributed by atoms with Gasteiger partial charge in [0.25, 0.3) is 5.91 Å². The Labute approximate surface area is 169 Å². The highest BCUT2D eigenvalue weighted by atomic mass is 32.2. The Morgan fingerprint density at radius 1 is 1.21 bits per heavy atom. The normalized spacial score (nSPS) is 16.8. The molecule has 1 aliphatic heterocycles. The molecule has 0 aromatic heterocycles. The Bertz CT molecular complexity index is 951. The molecule has 1 amide bonds. The van der Waals surface area contributed by atoms with Gasteiger partial charge in [0.2, 0.25) is 10.0 Å². The average Bonchev–Trinajstić information content (AvgIpc) is 3.23. The van der Waals surface area contributed by atoms with Gasteiger partial charge in [-0.3, -0.25) is 9.79 Å². The van der Waals surface area contributed by atoms with Crippen LogP contribution >= 0.6 is 0 Å². The van der Waals surface area contributed by atoms with E-state index >= 15 is 0 Å². The van der Waals surface area contributed by atoms with E-state index in [4.69, 9.17) is 14.6 Å². The van der Waals surface area contributed by atoms with Crippen LogP contribution in [0.5, 0.6) is 5.75 Å². The van der Waals surface area contributed by atoms with Crippen LogP contribution in [0, 0.1) is 0 Å². The van der Waals surface area contributed by atoms with Crippen LogP contribution in [0.25, 0.3) is 0 Å². The van der Waals surface area contributed by atoms with E-state index in [1.807, 2.05) is 12.1 Å². The van der Waals surface area contributed by atoms with E-state index in [9.17, 15) is 13.2 Å². The van der Waals surface area contributed by atoms with Crippen LogP contribution in [0.1, 0.15) is 18.4 Å². The third-order valence-electron chi connectivity index (χ3n) is 4.33. The Balaban J connectivity index is 1.46. The van der Waals surface area contributed by atoms with Gasteiger partial charge in [-0.25, -0.2) is 13.6 Å². The number of rotatable bonds is 8. The van der Waals surface area contributed by atoms with Crippen molar-refractivity contribution in [3.8, 4) is 5.75 Å². The van der Waals surface area contributed by atoms with Gasteiger partial charge in [0, 0.05) is 19.4 Å². The summed E-state index contributed by atoms with van der Waals surface area (Å²) in [4.78, 5) is 16.2. The number of benzene rings is 2. The summed E-state index contributed by atoms with van der Waals surface area (Å²) in [6.07, 6.45) is 3.76. The lowest BCUT2D eigenvalue weighted by Crippen LogP contribution is -2.35. The zero-order valence-electron chi connectivity index (χ0n) is 15.8. The van der Waals surface area contributed by atoms with Gasteiger partial charge in [0.15, 0.2) is 6.61 Å². The number of nitrogens with two attached hydrogens (primary N) is 1. The number of ether oxygens (including phenoxy) is 2. The topological polar surface area (TPSA) is 120 Å². The highest BCUT2D eigenvalue weighted by molar-refractivity contribution is 7.89. The number of primary sulfonamides is 1. The molecule has 0 unspecified atom stereocenters. The van der Waals surface area contributed by atoms with Crippen molar-refractivity contribution in [1.29, 1.82) is 0 Å². The summed E-state index contributed by atoms with van der Waals surface area (Å²) < 4.78 is 33.4.